The van der Waals surface area contributed by atoms with Crippen molar-refractivity contribution in [2.24, 2.45) is 0 Å². The molecule has 1 aliphatic heterocycles. The van der Waals surface area contributed by atoms with Crippen LogP contribution in [0.4, 0.5) is 5.69 Å². The number of hydrogen-bond acceptors (Lipinski definition) is 6. The molecule has 0 radical (unpaired) electrons. The van der Waals surface area contributed by atoms with Crippen LogP contribution in [0.5, 0.6) is 0 Å². The van der Waals surface area contributed by atoms with E-state index in [2.05, 4.69) is 9.80 Å². The third kappa shape index (κ3) is 5.27. The van der Waals surface area contributed by atoms with Crippen LogP contribution in [0, 0.1) is 0 Å². The number of ketones is 1. The van der Waals surface area contributed by atoms with Gasteiger partial charge in [0, 0.05) is 51.6 Å². The fraction of sp³-hybridized carbons (Fsp3) is 0.650. The molecule has 1 aromatic carbocycles. The summed E-state index contributed by atoms with van der Waals surface area (Å²) in [5, 5.41) is 0. The molecule has 26 heavy (non-hydrogen) atoms. The number of Topliss-reactive ketones (excluding diaryl/α,β-unsaturated/α-hetero) is 1. The monoisotopic (exact) mass is 364 g/mol. The van der Waals surface area contributed by atoms with Crippen molar-refractivity contribution in [2.45, 2.75) is 19.4 Å². The first-order chi connectivity index (χ1) is 12.5. The van der Waals surface area contributed by atoms with E-state index in [1.165, 1.54) is 0 Å². The summed E-state index contributed by atoms with van der Waals surface area (Å²) in [6.45, 7) is 9.81. The van der Waals surface area contributed by atoms with E-state index >= 15 is 0 Å². The molecule has 1 aromatic rings. The molecule has 1 heterocycles. The lowest BCUT2D eigenvalue weighted by atomic mass is 9.90. The Kier molecular flexibility index (Phi) is 8.03. The highest BCUT2D eigenvalue weighted by atomic mass is 16.5. The fourth-order valence-corrected chi connectivity index (χ4v) is 3.22. The Hall–Kier alpha value is -1.47. The van der Waals surface area contributed by atoms with Crippen LogP contribution in [-0.2, 0) is 14.2 Å². The summed E-state index contributed by atoms with van der Waals surface area (Å²) in [5.74, 6) is 0.145. The number of rotatable bonds is 10. The SMILES string of the molecule is COCCN(CCOC)c1ccc(C(=O)C(C)(C)N2CCOCC2)cc1. The number of benzene rings is 1. The molecular weight excluding hydrogens is 332 g/mol. The fourth-order valence-electron chi connectivity index (χ4n) is 3.22. The summed E-state index contributed by atoms with van der Waals surface area (Å²) in [6, 6.07) is 7.86. The van der Waals surface area contributed by atoms with Crippen LogP contribution in [0.1, 0.15) is 24.2 Å². The number of ether oxygens (including phenoxy) is 3. The second-order valence-corrected chi connectivity index (χ2v) is 7.01. The number of carbonyl (C=O) groups is 1. The van der Waals surface area contributed by atoms with Crippen molar-refractivity contribution in [3.05, 3.63) is 29.8 Å². The minimum absolute atomic E-state index is 0.145. The third-order valence-corrected chi connectivity index (χ3v) is 4.98. The normalized spacial score (nSPS) is 15.8. The van der Waals surface area contributed by atoms with Crippen molar-refractivity contribution in [2.75, 3.05) is 71.7 Å². The van der Waals surface area contributed by atoms with Crippen LogP contribution in [0.15, 0.2) is 24.3 Å². The molecule has 0 bridgehead atoms. The maximum absolute atomic E-state index is 13.1. The molecule has 0 atom stereocenters. The minimum atomic E-state index is -0.531. The van der Waals surface area contributed by atoms with E-state index < -0.39 is 5.54 Å². The van der Waals surface area contributed by atoms with E-state index in [1.807, 2.05) is 38.1 Å². The quantitative estimate of drug-likeness (QED) is 0.593. The van der Waals surface area contributed by atoms with Crippen LogP contribution in [-0.4, -0.2) is 83.0 Å². The van der Waals surface area contributed by atoms with Gasteiger partial charge >= 0.3 is 0 Å². The summed E-state index contributed by atoms with van der Waals surface area (Å²) in [4.78, 5) is 17.5. The van der Waals surface area contributed by atoms with Gasteiger partial charge in [0.1, 0.15) is 0 Å². The standard InChI is InChI=1S/C20H32N2O4/c1-20(2,22-11-15-26-16-12-22)19(23)17-5-7-18(8-6-17)21(9-13-24-3)10-14-25-4/h5-8H,9-16H2,1-4H3. The average molecular weight is 364 g/mol. The van der Waals surface area contributed by atoms with Crippen molar-refractivity contribution in [1.29, 1.82) is 0 Å². The van der Waals surface area contributed by atoms with Crippen molar-refractivity contribution >= 4 is 11.5 Å². The van der Waals surface area contributed by atoms with Crippen molar-refractivity contribution in [3.63, 3.8) is 0 Å². The summed E-state index contributed by atoms with van der Waals surface area (Å²) >= 11 is 0. The molecule has 146 valence electrons. The van der Waals surface area contributed by atoms with Crippen LogP contribution < -0.4 is 4.90 Å². The molecule has 2 rings (SSSR count). The average Bonchev–Trinajstić information content (AvgIpc) is 2.68. The Bertz CT molecular complexity index is 545. The van der Waals surface area contributed by atoms with E-state index in [1.54, 1.807) is 14.2 Å². The maximum atomic E-state index is 13.1. The number of morpholine rings is 1. The van der Waals surface area contributed by atoms with Gasteiger partial charge in [0.05, 0.1) is 32.0 Å². The second kappa shape index (κ2) is 10.0. The molecule has 6 heteroatoms. The van der Waals surface area contributed by atoms with Gasteiger partial charge < -0.3 is 19.1 Å². The van der Waals surface area contributed by atoms with E-state index in [-0.39, 0.29) is 5.78 Å². The van der Waals surface area contributed by atoms with Crippen molar-refractivity contribution < 1.29 is 19.0 Å². The zero-order valence-corrected chi connectivity index (χ0v) is 16.5. The summed E-state index contributed by atoms with van der Waals surface area (Å²) in [6.07, 6.45) is 0. The predicted octanol–water partition coefficient (Wildman–Crippen LogP) is 2.08. The molecule has 0 aromatic heterocycles. The van der Waals surface area contributed by atoms with Gasteiger partial charge in [-0.1, -0.05) is 0 Å². The summed E-state index contributed by atoms with van der Waals surface area (Å²) in [7, 11) is 3.40. The summed E-state index contributed by atoms with van der Waals surface area (Å²) in [5.41, 5.74) is 1.28. The number of hydrogen-bond donors (Lipinski definition) is 0. The van der Waals surface area contributed by atoms with Crippen LogP contribution >= 0.6 is 0 Å². The van der Waals surface area contributed by atoms with Gasteiger partial charge in [-0.15, -0.1) is 0 Å². The van der Waals surface area contributed by atoms with Gasteiger partial charge in [-0.05, 0) is 38.1 Å². The first-order valence-electron chi connectivity index (χ1n) is 9.21. The van der Waals surface area contributed by atoms with Gasteiger partial charge in [0.25, 0.3) is 0 Å². The molecule has 0 saturated carbocycles. The van der Waals surface area contributed by atoms with E-state index in [0.29, 0.717) is 26.4 Å². The molecule has 0 N–H and O–H groups in total. The number of methoxy groups -OCH3 is 2. The third-order valence-electron chi connectivity index (χ3n) is 4.98. The van der Waals surface area contributed by atoms with Crippen molar-refractivity contribution in [3.8, 4) is 0 Å². The van der Waals surface area contributed by atoms with Gasteiger partial charge in [-0.25, -0.2) is 0 Å². The van der Waals surface area contributed by atoms with Crippen LogP contribution in [0.3, 0.4) is 0 Å². The molecule has 0 aliphatic carbocycles. The van der Waals surface area contributed by atoms with Gasteiger partial charge in [0.2, 0.25) is 0 Å². The lowest BCUT2D eigenvalue weighted by Crippen LogP contribution is -2.54. The second-order valence-electron chi connectivity index (χ2n) is 7.01. The van der Waals surface area contributed by atoms with Gasteiger partial charge in [-0.2, -0.15) is 0 Å². The Morgan fingerprint density at radius 3 is 2.12 bits per heavy atom. The number of anilines is 1. The maximum Gasteiger partial charge on any atom is 0.182 e. The van der Waals surface area contributed by atoms with E-state index in [4.69, 9.17) is 14.2 Å². The molecule has 1 fully saturated rings. The highest BCUT2D eigenvalue weighted by Gasteiger charge is 2.35. The largest absolute Gasteiger partial charge is 0.383 e. The Labute approximate surface area is 157 Å². The lowest BCUT2D eigenvalue weighted by molar-refractivity contribution is -0.00429. The zero-order valence-electron chi connectivity index (χ0n) is 16.5. The van der Waals surface area contributed by atoms with Crippen LogP contribution in [0.25, 0.3) is 0 Å². The predicted molar refractivity (Wildman–Crippen MR) is 103 cm³/mol. The Balaban J connectivity index is 2.09. The Morgan fingerprint density at radius 1 is 1.08 bits per heavy atom. The van der Waals surface area contributed by atoms with E-state index in [0.717, 1.165) is 37.4 Å². The smallest absolute Gasteiger partial charge is 0.182 e. The van der Waals surface area contributed by atoms with Gasteiger partial charge in [-0.3, -0.25) is 9.69 Å². The first kappa shape index (κ1) is 20.8. The highest BCUT2D eigenvalue weighted by Crippen LogP contribution is 2.23. The molecule has 6 nitrogen and oxygen atoms in total. The molecule has 0 amide bonds. The molecule has 0 unspecified atom stereocenters. The Morgan fingerprint density at radius 2 is 1.62 bits per heavy atom. The van der Waals surface area contributed by atoms with Gasteiger partial charge in [0.15, 0.2) is 5.78 Å². The number of carbonyl (C=O) groups excluding carboxylic acids is 1. The van der Waals surface area contributed by atoms with Crippen LogP contribution in [0.2, 0.25) is 0 Å². The number of nitrogens with zero attached hydrogens (tertiary/aromatic N) is 2. The molecular formula is C20H32N2O4. The molecule has 0 spiro atoms. The first-order valence-corrected chi connectivity index (χ1v) is 9.21. The zero-order chi connectivity index (χ0) is 19.0. The van der Waals surface area contributed by atoms with E-state index in [9.17, 15) is 4.79 Å². The lowest BCUT2D eigenvalue weighted by Gasteiger charge is -2.39. The van der Waals surface area contributed by atoms with Crippen molar-refractivity contribution in [1.82, 2.24) is 4.90 Å². The molecule has 1 saturated heterocycles. The minimum Gasteiger partial charge on any atom is -0.383 e. The topological polar surface area (TPSA) is 51.2 Å². The molecule has 1 aliphatic rings. The summed E-state index contributed by atoms with van der Waals surface area (Å²) < 4.78 is 15.8. The highest BCUT2D eigenvalue weighted by molar-refractivity contribution is 6.02.